The van der Waals surface area contributed by atoms with E-state index in [9.17, 15) is 0 Å². The summed E-state index contributed by atoms with van der Waals surface area (Å²) in [6.07, 6.45) is 3.84. The Bertz CT molecular complexity index is 1440. The molecule has 2 N–H and O–H groups in total. The second-order valence-electron chi connectivity index (χ2n) is 9.31. The number of ether oxygens (including phenoxy) is 2. The number of aromatic nitrogens is 3. The van der Waals surface area contributed by atoms with Gasteiger partial charge < -0.3 is 15.2 Å². The summed E-state index contributed by atoms with van der Waals surface area (Å²) in [5.74, 6) is 2.62. The van der Waals surface area contributed by atoms with Crippen LogP contribution in [0.4, 0.5) is 5.82 Å². The normalized spacial score (nSPS) is 17.1. The van der Waals surface area contributed by atoms with Gasteiger partial charge in [-0.25, -0.2) is 4.98 Å². The van der Waals surface area contributed by atoms with Crippen molar-refractivity contribution in [2.45, 2.75) is 25.5 Å². The van der Waals surface area contributed by atoms with Crippen LogP contribution in [0, 0.1) is 5.92 Å². The Kier molecular flexibility index (Phi) is 6.10. The van der Waals surface area contributed by atoms with Gasteiger partial charge in [-0.2, -0.15) is 5.10 Å². The van der Waals surface area contributed by atoms with Crippen molar-refractivity contribution < 1.29 is 9.47 Å². The lowest BCUT2D eigenvalue weighted by atomic mass is 9.81. The molecule has 5 aromatic rings. The van der Waals surface area contributed by atoms with E-state index in [0.29, 0.717) is 24.4 Å². The minimum atomic E-state index is 0.328. The molecule has 1 saturated carbocycles. The Hall–Kier alpha value is -4.16. The molecule has 0 amide bonds. The summed E-state index contributed by atoms with van der Waals surface area (Å²) in [6.45, 7) is 1.42. The molecule has 0 atom stereocenters. The van der Waals surface area contributed by atoms with Crippen LogP contribution in [0.5, 0.6) is 11.5 Å². The highest BCUT2D eigenvalue weighted by Gasteiger charge is 2.33. The molecule has 6 rings (SSSR count). The minimum Gasteiger partial charge on any atom is -0.457 e. The van der Waals surface area contributed by atoms with Crippen molar-refractivity contribution in [3.8, 4) is 22.8 Å². The number of pyridine rings is 1. The SMILES string of the molecule is Nc1nccc2c1c(-c1ccc(Oc3ccccc3)cc1)nn2C1CC(COCc2ccccc2)C1. The van der Waals surface area contributed by atoms with Crippen LogP contribution in [0.25, 0.3) is 22.2 Å². The number of nitrogens with two attached hydrogens (primary N) is 1. The molecule has 1 fully saturated rings. The lowest BCUT2D eigenvalue weighted by molar-refractivity contribution is 0.0361. The van der Waals surface area contributed by atoms with Gasteiger partial charge in [0.05, 0.1) is 23.6 Å². The van der Waals surface area contributed by atoms with Gasteiger partial charge in [0, 0.05) is 18.4 Å². The van der Waals surface area contributed by atoms with Crippen LogP contribution in [0.1, 0.15) is 24.4 Å². The summed E-state index contributed by atoms with van der Waals surface area (Å²) in [7, 11) is 0. The molecule has 0 radical (unpaired) electrons. The van der Waals surface area contributed by atoms with Gasteiger partial charge >= 0.3 is 0 Å². The standard InChI is InChI=1S/C30H28N4O2/c31-30-28-27(15-16-32-30)34(24-17-22(18-24)20-35-19-21-7-3-1-4-8-21)33-29(28)23-11-13-26(14-12-23)36-25-9-5-2-6-10-25/h1-16,22,24H,17-20H2,(H2,31,32). The lowest BCUT2D eigenvalue weighted by Crippen LogP contribution is -2.30. The van der Waals surface area contributed by atoms with Crippen molar-refractivity contribution in [3.63, 3.8) is 0 Å². The fourth-order valence-electron chi connectivity index (χ4n) is 4.85. The molecule has 6 nitrogen and oxygen atoms in total. The quantitative estimate of drug-likeness (QED) is 0.272. The Morgan fingerprint density at radius 3 is 2.28 bits per heavy atom. The van der Waals surface area contributed by atoms with E-state index in [4.69, 9.17) is 20.3 Å². The zero-order valence-electron chi connectivity index (χ0n) is 20.0. The molecule has 0 aliphatic heterocycles. The van der Waals surface area contributed by atoms with E-state index in [0.717, 1.165) is 53.1 Å². The number of para-hydroxylation sites is 1. The Morgan fingerprint density at radius 1 is 0.833 bits per heavy atom. The van der Waals surface area contributed by atoms with Gasteiger partial charge in [0.25, 0.3) is 0 Å². The van der Waals surface area contributed by atoms with Crippen molar-refractivity contribution in [1.29, 1.82) is 0 Å². The topological polar surface area (TPSA) is 75.2 Å². The van der Waals surface area contributed by atoms with Gasteiger partial charge in [0.15, 0.2) is 0 Å². The average molecular weight is 477 g/mol. The van der Waals surface area contributed by atoms with Crippen LogP contribution in [0.15, 0.2) is 97.2 Å². The number of hydrogen-bond acceptors (Lipinski definition) is 5. The van der Waals surface area contributed by atoms with Crippen LogP contribution < -0.4 is 10.5 Å². The van der Waals surface area contributed by atoms with Crippen molar-refractivity contribution in [2.75, 3.05) is 12.3 Å². The number of nitrogen functional groups attached to an aromatic ring is 1. The van der Waals surface area contributed by atoms with Crippen molar-refractivity contribution >= 4 is 16.7 Å². The van der Waals surface area contributed by atoms with Crippen molar-refractivity contribution in [1.82, 2.24) is 14.8 Å². The highest BCUT2D eigenvalue weighted by atomic mass is 16.5. The fourth-order valence-corrected chi connectivity index (χ4v) is 4.85. The summed E-state index contributed by atoms with van der Waals surface area (Å²) < 4.78 is 14.0. The van der Waals surface area contributed by atoms with Crippen LogP contribution in [0.2, 0.25) is 0 Å². The molecule has 1 aliphatic carbocycles. The molecule has 3 aromatic carbocycles. The molecule has 6 heteroatoms. The van der Waals surface area contributed by atoms with E-state index < -0.39 is 0 Å². The lowest BCUT2D eigenvalue weighted by Gasteiger charge is -2.35. The molecule has 36 heavy (non-hydrogen) atoms. The maximum atomic E-state index is 6.34. The van der Waals surface area contributed by atoms with Gasteiger partial charge in [0.1, 0.15) is 23.0 Å². The number of benzene rings is 3. The molecule has 2 heterocycles. The molecular formula is C30H28N4O2. The second kappa shape index (κ2) is 9.84. The number of fused-ring (bicyclic) bond motifs is 1. The van der Waals surface area contributed by atoms with Crippen LogP contribution in [-0.4, -0.2) is 21.4 Å². The van der Waals surface area contributed by atoms with Gasteiger partial charge in [-0.05, 0) is 66.8 Å². The number of anilines is 1. The van der Waals surface area contributed by atoms with E-state index >= 15 is 0 Å². The zero-order chi connectivity index (χ0) is 24.3. The number of hydrogen-bond donors (Lipinski definition) is 1. The van der Waals surface area contributed by atoms with E-state index in [1.165, 1.54) is 5.56 Å². The smallest absolute Gasteiger partial charge is 0.135 e. The summed E-state index contributed by atoms with van der Waals surface area (Å²) in [4.78, 5) is 4.35. The monoisotopic (exact) mass is 476 g/mol. The van der Waals surface area contributed by atoms with Crippen LogP contribution >= 0.6 is 0 Å². The Labute approximate surface area is 210 Å². The largest absolute Gasteiger partial charge is 0.457 e. The van der Waals surface area contributed by atoms with Crippen molar-refractivity contribution in [2.24, 2.45) is 5.92 Å². The van der Waals surface area contributed by atoms with Gasteiger partial charge in [-0.15, -0.1) is 0 Å². The summed E-state index contributed by atoms with van der Waals surface area (Å²) in [5.41, 5.74) is 10.4. The van der Waals surface area contributed by atoms with E-state index in [2.05, 4.69) is 21.8 Å². The molecule has 0 unspecified atom stereocenters. The maximum absolute atomic E-state index is 6.34. The average Bonchev–Trinajstić information content (AvgIpc) is 3.27. The van der Waals surface area contributed by atoms with E-state index in [-0.39, 0.29) is 0 Å². The Morgan fingerprint density at radius 2 is 1.53 bits per heavy atom. The minimum absolute atomic E-state index is 0.328. The van der Waals surface area contributed by atoms with Crippen LogP contribution in [0.3, 0.4) is 0 Å². The highest BCUT2D eigenvalue weighted by molar-refractivity contribution is 6.00. The summed E-state index contributed by atoms with van der Waals surface area (Å²) in [6, 6.07) is 30.4. The van der Waals surface area contributed by atoms with Crippen molar-refractivity contribution in [3.05, 3.63) is 103 Å². The number of rotatable bonds is 8. The zero-order valence-corrected chi connectivity index (χ0v) is 20.0. The summed E-state index contributed by atoms with van der Waals surface area (Å²) in [5, 5.41) is 5.93. The first-order valence-corrected chi connectivity index (χ1v) is 12.3. The first-order chi connectivity index (χ1) is 17.7. The first-order valence-electron chi connectivity index (χ1n) is 12.3. The van der Waals surface area contributed by atoms with Gasteiger partial charge in [0.2, 0.25) is 0 Å². The van der Waals surface area contributed by atoms with E-state index in [1.54, 1.807) is 6.20 Å². The summed E-state index contributed by atoms with van der Waals surface area (Å²) >= 11 is 0. The predicted molar refractivity (Wildman–Crippen MR) is 142 cm³/mol. The second-order valence-corrected chi connectivity index (χ2v) is 9.31. The molecule has 0 bridgehead atoms. The third-order valence-electron chi connectivity index (χ3n) is 6.78. The Balaban J connectivity index is 1.18. The molecule has 2 aromatic heterocycles. The first kappa shape index (κ1) is 22.3. The third-order valence-corrected chi connectivity index (χ3v) is 6.78. The van der Waals surface area contributed by atoms with Gasteiger partial charge in [-0.3, -0.25) is 4.68 Å². The molecule has 180 valence electrons. The van der Waals surface area contributed by atoms with E-state index in [1.807, 2.05) is 78.9 Å². The fraction of sp³-hybridized carbons (Fsp3) is 0.200. The molecule has 0 saturated heterocycles. The number of nitrogens with zero attached hydrogens (tertiary/aromatic N) is 3. The highest BCUT2D eigenvalue weighted by Crippen LogP contribution is 2.42. The van der Waals surface area contributed by atoms with Crippen LogP contribution in [-0.2, 0) is 11.3 Å². The van der Waals surface area contributed by atoms with Gasteiger partial charge in [-0.1, -0.05) is 48.5 Å². The molecule has 0 spiro atoms. The molecule has 1 aliphatic rings. The predicted octanol–water partition coefficient (Wildman–Crippen LogP) is 6.64. The third kappa shape index (κ3) is 4.55. The maximum Gasteiger partial charge on any atom is 0.135 e. The molecular weight excluding hydrogens is 448 g/mol.